The second kappa shape index (κ2) is 6.75. The molecule has 1 fully saturated rings. The van der Waals surface area contributed by atoms with Crippen LogP contribution in [-0.4, -0.2) is 34.5 Å². The van der Waals surface area contributed by atoms with E-state index in [1.54, 1.807) is 29.2 Å². The second-order valence-electron chi connectivity index (χ2n) is 5.09. The van der Waals surface area contributed by atoms with E-state index < -0.39 is 5.97 Å². The Kier molecular flexibility index (Phi) is 5.01. The number of carbonyl (C=O) groups is 2. The lowest BCUT2D eigenvalue weighted by Crippen LogP contribution is -2.43. The summed E-state index contributed by atoms with van der Waals surface area (Å²) < 4.78 is 0. The Hall–Kier alpha value is -1.55. The third-order valence-electron chi connectivity index (χ3n) is 3.65. The first-order chi connectivity index (χ1) is 9.58. The molecule has 0 aromatic heterocycles. The van der Waals surface area contributed by atoms with Gasteiger partial charge in [0.25, 0.3) is 5.91 Å². The quantitative estimate of drug-likeness (QED) is 0.928. The van der Waals surface area contributed by atoms with Crippen LogP contribution < -0.4 is 0 Å². The number of halogens is 1. The SMILES string of the molecule is O=C(O)CCC1CCCCN1C(=O)c1cccc(Cl)c1. The standard InChI is InChI=1S/C15H18ClNO3/c16-12-5-3-4-11(10-12)15(20)17-9-2-1-6-13(17)7-8-14(18)19/h3-5,10,13H,1-2,6-9H2,(H,18,19). The van der Waals surface area contributed by atoms with E-state index >= 15 is 0 Å². The second-order valence-corrected chi connectivity index (χ2v) is 5.53. The molecule has 1 aliphatic rings. The van der Waals surface area contributed by atoms with E-state index in [9.17, 15) is 9.59 Å². The van der Waals surface area contributed by atoms with Crippen molar-refractivity contribution in [3.63, 3.8) is 0 Å². The Labute approximate surface area is 123 Å². The fourth-order valence-corrected chi connectivity index (χ4v) is 2.84. The third-order valence-corrected chi connectivity index (χ3v) is 3.89. The summed E-state index contributed by atoms with van der Waals surface area (Å²) in [5.74, 6) is -0.867. The fraction of sp³-hybridized carbons (Fsp3) is 0.467. The highest BCUT2D eigenvalue weighted by Crippen LogP contribution is 2.23. The molecule has 2 rings (SSSR count). The van der Waals surface area contributed by atoms with E-state index in [1.165, 1.54) is 0 Å². The van der Waals surface area contributed by atoms with E-state index in [1.807, 2.05) is 0 Å². The zero-order valence-corrected chi connectivity index (χ0v) is 12.0. The molecule has 0 radical (unpaired) electrons. The summed E-state index contributed by atoms with van der Waals surface area (Å²) in [5.41, 5.74) is 0.569. The summed E-state index contributed by atoms with van der Waals surface area (Å²) in [5, 5.41) is 9.34. The van der Waals surface area contributed by atoms with Crippen LogP contribution in [0.25, 0.3) is 0 Å². The van der Waals surface area contributed by atoms with Crippen molar-refractivity contribution in [1.82, 2.24) is 4.90 Å². The molecule has 0 spiro atoms. The van der Waals surface area contributed by atoms with Crippen LogP contribution in [0.4, 0.5) is 0 Å². The van der Waals surface area contributed by atoms with Crippen LogP contribution in [0.2, 0.25) is 5.02 Å². The molecule has 1 atom stereocenters. The average Bonchev–Trinajstić information content (AvgIpc) is 2.44. The van der Waals surface area contributed by atoms with Gasteiger partial charge in [-0.2, -0.15) is 0 Å². The van der Waals surface area contributed by atoms with Gasteiger partial charge in [0.1, 0.15) is 0 Å². The average molecular weight is 296 g/mol. The predicted octanol–water partition coefficient (Wildman–Crippen LogP) is 3.20. The highest BCUT2D eigenvalue weighted by atomic mass is 35.5. The lowest BCUT2D eigenvalue weighted by molar-refractivity contribution is -0.137. The summed E-state index contributed by atoms with van der Waals surface area (Å²) in [6.45, 7) is 0.690. The van der Waals surface area contributed by atoms with Crippen molar-refractivity contribution in [2.45, 2.75) is 38.1 Å². The van der Waals surface area contributed by atoms with E-state index in [0.717, 1.165) is 19.3 Å². The lowest BCUT2D eigenvalue weighted by Gasteiger charge is -2.35. The topological polar surface area (TPSA) is 57.6 Å². The highest BCUT2D eigenvalue weighted by molar-refractivity contribution is 6.30. The number of hydrogen-bond acceptors (Lipinski definition) is 2. The third kappa shape index (κ3) is 3.73. The van der Waals surface area contributed by atoms with E-state index in [0.29, 0.717) is 23.6 Å². The minimum Gasteiger partial charge on any atom is -0.481 e. The Morgan fingerprint density at radius 3 is 2.85 bits per heavy atom. The maximum absolute atomic E-state index is 12.5. The molecule has 108 valence electrons. The predicted molar refractivity (Wildman–Crippen MR) is 77.0 cm³/mol. The van der Waals surface area contributed by atoms with Gasteiger partial charge in [-0.25, -0.2) is 0 Å². The Bertz CT molecular complexity index is 504. The number of amides is 1. The molecule has 1 saturated heterocycles. The monoisotopic (exact) mass is 295 g/mol. The minimum atomic E-state index is -0.814. The Morgan fingerprint density at radius 1 is 1.35 bits per heavy atom. The molecule has 20 heavy (non-hydrogen) atoms. The van der Waals surface area contributed by atoms with Crippen LogP contribution in [0, 0.1) is 0 Å². The molecule has 1 heterocycles. The molecular formula is C15H18ClNO3. The molecule has 1 unspecified atom stereocenters. The summed E-state index contributed by atoms with van der Waals surface area (Å²) in [7, 11) is 0. The van der Waals surface area contributed by atoms with Crippen molar-refractivity contribution < 1.29 is 14.7 Å². The van der Waals surface area contributed by atoms with Gasteiger partial charge in [0.2, 0.25) is 0 Å². The molecule has 0 bridgehead atoms. The molecule has 1 amide bonds. The molecule has 4 nitrogen and oxygen atoms in total. The molecule has 1 aliphatic heterocycles. The smallest absolute Gasteiger partial charge is 0.303 e. The van der Waals surface area contributed by atoms with Crippen molar-refractivity contribution >= 4 is 23.5 Å². The summed E-state index contributed by atoms with van der Waals surface area (Å²) in [4.78, 5) is 25.0. The van der Waals surface area contributed by atoms with Crippen LogP contribution in [0.15, 0.2) is 24.3 Å². The number of benzene rings is 1. The zero-order valence-electron chi connectivity index (χ0n) is 11.2. The fourth-order valence-electron chi connectivity index (χ4n) is 2.65. The number of carboxylic acids is 1. The van der Waals surface area contributed by atoms with Crippen molar-refractivity contribution in [3.8, 4) is 0 Å². The van der Waals surface area contributed by atoms with Gasteiger partial charge in [-0.15, -0.1) is 0 Å². The number of rotatable bonds is 4. The van der Waals surface area contributed by atoms with Crippen molar-refractivity contribution in [1.29, 1.82) is 0 Å². The molecule has 0 saturated carbocycles. The number of carbonyl (C=O) groups excluding carboxylic acids is 1. The van der Waals surface area contributed by atoms with Gasteiger partial charge in [0, 0.05) is 29.6 Å². The van der Waals surface area contributed by atoms with Gasteiger partial charge in [-0.05, 0) is 43.9 Å². The summed E-state index contributed by atoms with van der Waals surface area (Å²) in [6, 6.07) is 6.91. The zero-order chi connectivity index (χ0) is 14.5. The van der Waals surface area contributed by atoms with Crippen molar-refractivity contribution in [2.24, 2.45) is 0 Å². The molecule has 1 aromatic rings. The first-order valence-electron chi connectivity index (χ1n) is 6.86. The summed E-state index contributed by atoms with van der Waals surface area (Å²) >= 11 is 5.92. The van der Waals surface area contributed by atoms with E-state index in [2.05, 4.69) is 0 Å². The van der Waals surface area contributed by atoms with E-state index in [-0.39, 0.29) is 18.4 Å². The van der Waals surface area contributed by atoms with Crippen LogP contribution >= 0.6 is 11.6 Å². The van der Waals surface area contributed by atoms with Crippen LogP contribution in [0.1, 0.15) is 42.5 Å². The van der Waals surface area contributed by atoms with Gasteiger partial charge in [-0.3, -0.25) is 9.59 Å². The Morgan fingerprint density at radius 2 is 2.15 bits per heavy atom. The number of likely N-dealkylation sites (tertiary alicyclic amines) is 1. The van der Waals surface area contributed by atoms with Crippen LogP contribution in [0.3, 0.4) is 0 Å². The van der Waals surface area contributed by atoms with Crippen molar-refractivity contribution in [3.05, 3.63) is 34.9 Å². The maximum Gasteiger partial charge on any atom is 0.303 e. The number of carboxylic acid groups (broad SMARTS) is 1. The Balaban J connectivity index is 2.10. The van der Waals surface area contributed by atoms with Crippen LogP contribution in [-0.2, 0) is 4.79 Å². The van der Waals surface area contributed by atoms with Crippen LogP contribution in [0.5, 0.6) is 0 Å². The number of nitrogens with zero attached hydrogens (tertiary/aromatic N) is 1. The maximum atomic E-state index is 12.5. The molecular weight excluding hydrogens is 278 g/mol. The molecule has 1 N–H and O–H groups in total. The van der Waals surface area contributed by atoms with E-state index in [4.69, 9.17) is 16.7 Å². The molecule has 1 aromatic carbocycles. The minimum absolute atomic E-state index is 0.0198. The number of piperidine rings is 1. The van der Waals surface area contributed by atoms with Gasteiger partial charge >= 0.3 is 5.97 Å². The van der Waals surface area contributed by atoms with Gasteiger partial charge in [0.05, 0.1) is 0 Å². The highest BCUT2D eigenvalue weighted by Gasteiger charge is 2.27. The first kappa shape index (κ1) is 14.9. The van der Waals surface area contributed by atoms with Gasteiger partial charge in [0.15, 0.2) is 0 Å². The lowest BCUT2D eigenvalue weighted by atomic mass is 9.97. The first-order valence-corrected chi connectivity index (χ1v) is 7.24. The largest absolute Gasteiger partial charge is 0.481 e. The number of hydrogen-bond donors (Lipinski definition) is 1. The van der Waals surface area contributed by atoms with Gasteiger partial charge in [-0.1, -0.05) is 17.7 Å². The molecule has 0 aliphatic carbocycles. The summed E-state index contributed by atoms with van der Waals surface area (Å²) in [6.07, 6.45) is 3.50. The number of aliphatic carboxylic acids is 1. The van der Waals surface area contributed by atoms with Gasteiger partial charge < -0.3 is 10.0 Å². The van der Waals surface area contributed by atoms with Crippen molar-refractivity contribution in [2.75, 3.05) is 6.54 Å². The normalized spacial score (nSPS) is 18.9. The molecule has 5 heteroatoms.